The molecule has 2 amide bonds. The first-order valence-electron chi connectivity index (χ1n) is 10.0. The van der Waals surface area contributed by atoms with Gasteiger partial charge in [-0.3, -0.25) is 10.1 Å². The molecule has 0 aliphatic carbocycles. The maximum Gasteiger partial charge on any atom is 0.424 e. The number of unbranched alkanes of at least 4 members (excludes halogenated alkanes) is 1. The number of nitro groups is 1. The Labute approximate surface area is 188 Å². The number of nitrogens with one attached hydrogen (secondary N) is 1. The average molecular weight is 474 g/mol. The van der Waals surface area contributed by atoms with Crippen LogP contribution in [0, 0.1) is 10.1 Å². The molecule has 0 heterocycles. The molecule has 180 valence electrons. The van der Waals surface area contributed by atoms with E-state index in [0.29, 0.717) is 10.7 Å². The molecule has 12 heteroatoms. The smallest absolute Gasteiger partial charge is 0.424 e. The van der Waals surface area contributed by atoms with Gasteiger partial charge in [0.15, 0.2) is 4.90 Å². The van der Waals surface area contributed by atoms with Crippen LogP contribution in [-0.2, 0) is 19.5 Å². The predicted octanol–water partition coefficient (Wildman–Crippen LogP) is 3.83. The number of hydrogen-bond acceptors (Lipinski definition) is 8. The molecule has 0 saturated heterocycles. The number of alkyl carbamates (subject to hydrolysis) is 1. The monoisotopic (exact) mass is 473 g/mol. The molecule has 32 heavy (non-hydrogen) atoms. The molecule has 0 atom stereocenters. The standard InChI is InChI=1S/C20H31N3O8S/c1-19(2,3)30-17(24)21-13-9-10-14-22(18(25)31-20(4,5)6)32(28,29)16-12-8-7-11-15(16)23(26)27/h7-8,11-12H,9-10,13-14H2,1-6H3,(H,21,24). The zero-order valence-corrected chi connectivity index (χ0v) is 20.0. The van der Waals surface area contributed by atoms with Gasteiger partial charge in [-0.15, -0.1) is 0 Å². The van der Waals surface area contributed by atoms with Crippen molar-refractivity contribution in [2.45, 2.75) is 70.5 Å². The summed E-state index contributed by atoms with van der Waals surface area (Å²) in [4.78, 5) is 34.2. The number of hydrogen-bond donors (Lipinski definition) is 1. The van der Waals surface area contributed by atoms with Crippen molar-refractivity contribution < 1.29 is 32.4 Å². The van der Waals surface area contributed by atoms with Gasteiger partial charge in [0.1, 0.15) is 11.2 Å². The molecule has 0 radical (unpaired) electrons. The van der Waals surface area contributed by atoms with Crippen LogP contribution in [0.3, 0.4) is 0 Å². The number of carbonyl (C=O) groups is 2. The van der Waals surface area contributed by atoms with E-state index in [1.807, 2.05) is 0 Å². The van der Waals surface area contributed by atoms with Gasteiger partial charge in [-0.1, -0.05) is 12.1 Å². The lowest BCUT2D eigenvalue weighted by molar-refractivity contribution is -0.387. The maximum atomic E-state index is 13.1. The molecule has 0 aromatic heterocycles. The first-order chi connectivity index (χ1) is 14.5. The van der Waals surface area contributed by atoms with Crippen molar-refractivity contribution in [3.8, 4) is 0 Å². The Morgan fingerprint density at radius 2 is 1.59 bits per heavy atom. The van der Waals surface area contributed by atoms with Crippen LogP contribution in [0.15, 0.2) is 29.2 Å². The van der Waals surface area contributed by atoms with Gasteiger partial charge < -0.3 is 14.8 Å². The van der Waals surface area contributed by atoms with E-state index in [2.05, 4.69) is 5.32 Å². The Hall–Kier alpha value is -2.89. The van der Waals surface area contributed by atoms with E-state index in [0.717, 1.165) is 12.1 Å². The summed E-state index contributed by atoms with van der Waals surface area (Å²) in [7, 11) is -4.57. The van der Waals surface area contributed by atoms with Crippen LogP contribution < -0.4 is 5.32 Å². The molecule has 0 aliphatic rings. The molecule has 11 nitrogen and oxygen atoms in total. The SMILES string of the molecule is CC(C)(C)OC(=O)NCCCCN(C(=O)OC(C)(C)C)S(=O)(=O)c1ccccc1[N+](=O)[O-]. The number of nitrogens with zero attached hydrogens (tertiary/aromatic N) is 2. The van der Waals surface area contributed by atoms with E-state index >= 15 is 0 Å². The molecule has 0 fully saturated rings. The highest BCUT2D eigenvalue weighted by atomic mass is 32.2. The minimum absolute atomic E-state index is 0.175. The summed E-state index contributed by atoms with van der Waals surface area (Å²) < 4.78 is 37.1. The molecule has 1 aromatic carbocycles. The highest BCUT2D eigenvalue weighted by Gasteiger charge is 2.36. The topological polar surface area (TPSA) is 145 Å². The Morgan fingerprint density at radius 3 is 2.12 bits per heavy atom. The van der Waals surface area contributed by atoms with E-state index in [9.17, 15) is 28.1 Å². The van der Waals surface area contributed by atoms with Crippen molar-refractivity contribution >= 4 is 27.9 Å². The fraction of sp³-hybridized carbons (Fsp3) is 0.600. The lowest BCUT2D eigenvalue weighted by atomic mass is 10.2. The van der Waals surface area contributed by atoms with Gasteiger partial charge in [0.2, 0.25) is 0 Å². The molecule has 0 aliphatic heterocycles. The predicted molar refractivity (Wildman–Crippen MR) is 117 cm³/mol. The highest BCUT2D eigenvalue weighted by Crippen LogP contribution is 2.27. The van der Waals surface area contributed by atoms with Crippen molar-refractivity contribution in [2.75, 3.05) is 13.1 Å². The summed E-state index contributed by atoms with van der Waals surface area (Å²) >= 11 is 0. The molecule has 0 bridgehead atoms. The quantitative estimate of drug-likeness (QED) is 0.341. The lowest BCUT2D eigenvalue weighted by Gasteiger charge is -2.27. The van der Waals surface area contributed by atoms with E-state index in [1.54, 1.807) is 41.5 Å². The second-order valence-corrected chi connectivity index (χ2v) is 10.7. The average Bonchev–Trinajstić information content (AvgIpc) is 2.61. The fourth-order valence-electron chi connectivity index (χ4n) is 2.45. The van der Waals surface area contributed by atoms with Gasteiger partial charge >= 0.3 is 12.2 Å². The number of rotatable bonds is 8. The summed E-state index contributed by atoms with van der Waals surface area (Å²) in [5.41, 5.74) is -2.28. The lowest BCUT2D eigenvalue weighted by Crippen LogP contribution is -2.41. The first-order valence-corrected chi connectivity index (χ1v) is 11.4. The number of para-hydroxylation sites is 1. The molecule has 0 saturated carbocycles. The second kappa shape index (κ2) is 10.6. The third-order valence-corrected chi connectivity index (χ3v) is 5.50. The van der Waals surface area contributed by atoms with Crippen LogP contribution in [-0.4, -0.2) is 54.1 Å². The number of carbonyl (C=O) groups excluding carboxylic acids is 2. The van der Waals surface area contributed by atoms with Crippen LogP contribution in [0.4, 0.5) is 15.3 Å². The van der Waals surface area contributed by atoms with Crippen molar-refractivity contribution in [2.24, 2.45) is 0 Å². The summed E-state index contributed by atoms with van der Waals surface area (Å²) in [6, 6.07) is 4.77. The van der Waals surface area contributed by atoms with Gasteiger partial charge in [-0.25, -0.2) is 22.3 Å². The molecular formula is C20H31N3O8S. The van der Waals surface area contributed by atoms with Crippen LogP contribution in [0.1, 0.15) is 54.4 Å². The van der Waals surface area contributed by atoms with Gasteiger partial charge in [-0.05, 0) is 60.5 Å². The molecule has 1 rings (SSSR count). The van der Waals surface area contributed by atoms with Crippen molar-refractivity contribution in [3.05, 3.63) is 34.4 Å². The van der Waals surface area contributed by atoms with E-state index < -0.39 is 48.9 Å². The Kier molecular flexibility index (Phi) is 9.01. The normalized spacial score (nSPS) is 12.1. The largest absolute Gasteiger partial charge is 0.444 e. The number of benzene rings is 1. The number of sulfonamides is 1. The van der Waals surface area contributed by atoms with Crippen LogP contribution in [0.2, 0.25) is 0 Å². The van der Waals surface area contributed by atoms with Crippen molar-refractivity contribution in [1.82, 2.24) is 9.62 Å². The molecule has 1 N–H and O–H groups in total. The number of amides is 2. The summed E-state index contributed by atoms with van der Waals surface area (Å²) in [5.74, 6) is 0. The van der Waals surface area contributed by atoms with E-state index in [-0.39, 0.29) is 19.5 Å². The maximum absolute atomic E-state index is 13.1. The van der Waals surface area contributed by atoms with Gasteiger partial charge in [0.05, 0.1) is 4.92 Å². The summed E-state index contributed by atoms with van der Waals surface area (Å²) in [6.45, 7) is 9.78. The Balaban J connectivity index is 2.99. The van der Waals surface area contributed by atoms with Crippen molar-refractivity contribution in [1.29, 1.82) is 0 Å². The molecule has 0 spiro atoms. The zero-order chi connectivity index (χ0) is 24.7. The van der Waals surface area contributed by atoms with Gasteiger partial charge in [0.25, 0.3) is 15.7 Å². The molecular weight excluding hydrogens is 442 g/mol. The minimum Gasteiger partial charge on any atom is -0.444 e. The third-order valence-electron chi connectivity index (χ3n) is 3.68. The van der Waals surface area contributed by atoms with E-state index in [4.69, 9.17) is 9.47 Å². The van der Waals surface area contributed by atoms with Crippen molar-refractivity contribution in [3.63, 3.8) is 0 Å². The minimum atomic E-state index is -4.57. The number of nitro benzene ring substituents is 1. The van der Waals surface area contributed by atoms with Crippen LogP contribution in [0.25, 0.3) is 0 Å². The Bertz CT molecular complexity index is 933. The van der Waals surface area contributed by atoms with Gasteiger partial charge in [0, 0.05) is 19.2 Å². The fourth-order valence-corrected chi connectivity index (χ4v) is 3.95. The summed E-state index contributed by atoms with van der Waals surface area (Å²) in [6.07, 6.45) is -1.26. The molecule has 0 unspecified atom stereocenters. The first kappa shape index (κ1) is 27.1. The van der Waals surface area contributed by atoms with Crippen LogP contribution in [0.5, 0.6) is 0 Å². The third kappa shape index (κ3) is 8.69. The number of ether oxygens (including phenoxy) is 2. The highest BCUT2D eigenvalue weighted by molar-refractivity contribution is 7.89. The zero-order valence-electron chi connectivity index (χ0n) is 19.2. The molecule has 1 aromatic rings. The van der Waals surface area contributed by atoms with E-state index in [1.165, 1.54) is 12.1 Å². The Morgan fingerprint density at radius 1 is 1.03 bits per heavy atom. The second-order valence-electron chi connectivity index (χ2n) is 8.92. The summed E-state index contributed by atoms with van der Waals surface area (Å²) in [5, 5.41) is 13.8. The van der Waals surface area contributed by atoms with Gasteiger partial charge in [-0.2, -0.15) is 0 Å². The van der Waals surface area contributed by atoms with Crippen LogP contribution >= 0.6 is 0 Å².